The van der Waals surface area contributed by atoms with Crippen molar-refractivity contribution in [3.8, 4) is 11.5 Å². The monoisotopic (exact) mass is 418 g/mol. The van der Waals surface area contributed by atoms with Crippen molar-refractivity contribution in [1.29, 1.82) is 0 Å². The number of para-hydroxylation sites is 2. The highest BCUT2D eigenvalue weighted by Gasteiger charge is 2.39. The smallest absolute Gasteiger partial charge is 0.214 e. The Labute approximate surface area is 173 Å². The molecule has 0 aliphatic carbocycles. The van der Waals surface area contributed by atoms with Gasteiger partial charge in [-0.1, -0.05) is 49.4 Å². The number of hydroxylamine groups is 1. The Hall–Kier alpha value is -2.09. The number of methoxy groups -OCH3 is 1. The normalized spacial score (nSPS) is 17.0. The molecule has 0 aromatic heterocycles. The summed E-state index contributed by atoms with van der Waals surface area (Å²) in [5.74, 6) is 1.50. The summed E-state index contributed by atoms with van der Waals surface area (Å²) >= 11 is 0. The van der Waals surface area contributed by atoms with Crippen LogP contribution in [0.1, 0.15) is 31.7 Å². The number of ether oxygens (including phenoxy) is 1. The molecule has 7 heteroatoms. The minimum absolute atomic E-state index is 0.193. The maximum Gasteiger partial charge on any atom is 0.214 e. The minimum atomic E-state index is -3.17. The quantitative estimate of drug-likeness (QED) is 0.633. The summed E-state index contributed by atoms with van der Waals surface area (Å²) in [5.41, 5.74) is 4.12. The van der Waals surface area contributed by atoms with Gasteiger partial charge in [0.25, 0.3) is 0 Å². The van der Waals surface area contributed by atoms with Crippen LogP contribution in [0, 0.1) is 0 Å². The molecule has 0 radical (unpaired) electrons. The van der Waals surface area contributed by atoms with Crippen LogP contribution in [0.5, 0.6) is 11.5 Å². The second-order valence-corrected chi connectivity index (χ2v) is 9.52. The lowest BCUT2D eigenvalue weighted by molar-refractivity contribution is 0.131. The van der Waals surface area contributed by atoms with Crippen LogP contribution < -0.4 is 15.1 Å². The zero-order valence-electron chi connectivity index (χ0n) is 17.1. The summed E-state index contributed by atoms with van der Waals surface area (Å²) in [6.07, 6.45) is 2.11. The summed E-state index contributed by atoms with van der Waals surface area (Å²) in [6.45, 7) is 3.52. The number of piperidine rings is 1. The van der Waals surface area contributed by atoms with Gasteiger partial charge in [0.15, 0.2) is 11.5 Å². The number of nitrogens with zero attached hydrogens (tertiary/aromatic N) is 1. The van der Waals surface area contributed by atoms with E-state index in [9.17, 15) is 8.42 Å². The van der Waals surface area contributed by atoms with Gasteiger partial charge in [0.1, 0.15) is 0 Å². The van der Waals surface area contributed by atoms with Gasteiger partial charge in [-0.15, -0.1) is 0 Å². The Morgan fingerprint density at radius 3 is 2.24 bits per heavy atom. The molecular weight excluding hydrogens is 388 g/mol. The Bertz CT molecular complexity index is 879. The Balaban J connectivity index is 1.73. The van der Waals surface area contributed by atoms with Gasteiger partial charge in [-0.3, -0.25) is 0 Å². The van der Waals surface area contributed by atoms with E-state index in [4.69, 9.17) is 9.57 Å². The van der Waals surface area contributed by atoms with Crippen LogP contribution in [0.4, 0.5) is 0 Å². The molecule has 6 nitrogen and oxygen atoms in total. The van der Waals surface area contributed by atoms with Crippen LogP contribution in [0.25, 0.3) is 0 Å². The summed E-state index contributed by atoms with van der Waals surface area (Å²) < 4.78 is 31.9. The molecule has 0 bridgehead atoms. The highest BCUT2D eigenvalue weighted by atomic mass is 32.2. The van der Waals surface area contributed by atoms with Crippen LogP contribution in [-0.2, 0) is 15.4 Å². The van der Waals surface area contributed by atoms with Crippen molar-refractivity contribution in [2.45, 2.75) is 31.6 Å². The molecule has 1 saturated heterocycles. The summed E-state index contributed by atoms with van der Waals surface area (Å²) in [6, 6.07) is 17.8. The molecule has 1 aliphatic rings. The number of rotatable bonds is 9. The molecule has 1 fully saturated rings. The average molecular weight is 419 g/mol. The molecule has 2 aromatic carbocycles. The van der Waals surface area contributed by atoms with Gasteiger partial charge in [0.2, 0.25) is 10.0 Å². The fourth-order valence-corrected chi connectivity index (χ4v) is 5.41. The second-order valence-electron chi connectivity index (χ2n) is 7.44. The van der Waals surface area contributed by atoms with Crippen LogP contribution >= 0.6 is 0 Å². The molecule has 0 atom stereocenters. The van der Waals surface area contributed by atoms with Crippen molar-refractivity contribution in [2.75, 3.05) is 32.5 Å². The lowest BCUT2D eigenvalue weighted by atomic mass is 9.73. The molecule has 2 aromatic rings. The first-order valence-corrected chi connectivity index (χ1v) is 11.7. The summed E-state index contributed by atoms with van der Waals surface area (Å²) in [7, 11) is -1.56. The van der Waals surface area contributed by atoms with Gasteiger partial charge in [-0.05, 0) is 37.0 Å². The number of nitrogens with one attached hydrogen (secondary N) is 1. The van der Waals surface area contributed by atoms with Gasteiger partial charge < -0.3 is 9.57 Å². The van der Waals surface area contributed by atoms with Crippen LogP contribution in [-0.4, -0.2) is 45.2 Å². The molecule has 29 heavy (non-hydrogen) atoms. The Kier molecular flexibility index (Phi) is 7.16. The van der Waals surface area contributed by atoms with E-state index in [-0.39, 0.29) is 11.2 Å². The standard InChI is InChI=1S/C22H30N2O4S/c1-3-17-29(25,26)24-15-13-22(14-16-24,19-9-5-4-6-10-19)18-23-28-21-12-8-7-11-20(21)27-2/h4-12,23H,3,13-18H2,1-2H3. The van der Waals surface area contributed by atoms with E-state index in [2.05, 4.69) is 17.6 Å². The van der Waals surface area contributed by atoms with Crippen molar-refractivity contribution in [3.05, 3.63) is 60.2 Å². The first kappa shape index (κ1) is 21.6. The van der Waals surface area contributed by atoms with E-state index < -0.39 is 10.0 Å². The van der Waals surface area contributed by atoms with Crippen molar-refractivity contribution >= 4 is 10.0 Å². The van der Waals surface area contributed by atoms with E-state index in [1.807, 2.05) is 49.4 Å². The largest absolute Gasteiger partial charge is 0.493 e. The third-order valence-electron chi connectivity index (χ3n) is 5.58. The first-order chi connectivity index (χ1) is 14.0. The van der Waals surface area contributed by atoms with Crippen molar-refractivity contribution in [3.63, 3.8) is 0 Å². The molecule has 3 rings (SSSR count). The second kappa shape index (κ2) is 9.61. The van der Waals surface area contributed by atoms with E-state index in [1.165, 1.54) is 5.56 Å². The zero-order chi connectivity index (χ0) is 20.7. The third kappa shape index (κ3) is 5.10. The van der Waals surface area contributed by atoms with Crippen molar-refractivity contribution < 1.29 is 18.0 Å². The third-order valence-corrected chi connectivity index (χ3v) is 7.66. The lowest BCUT2D eigenvalue weighted by Crippen LogP contribution is -2.50. The van der Waals surface area contributed by atoms with Crippen molar-refractivity contribution in [1.82, 2.24) is 9.79 Å². The van der Waals surface area contributed by atoms with E-state index in [0.29, 0.717) is 37.6 Å². The molecule has 0 unspecified atom stereocenters. The van der Waals surface area contributed by atoms with Gasteiger partial charge in [0, 0.05) is 25.0 Å². The molecule has 1 N–H and O–H groups in total. The zero-order valence-corrected chi connectivity index (χ0v) is 18.0. The minimum Gasteiger partial charge on any atom is -0.493 e. The van der Waals surface area contributed by atoms with Gasteiger partial charge in [0.05, 0.1) is 12.9 Å². The van der Waals surface area contributed by atoms with Crippen LogP contribution in [0.2, 0.25) is 0 Å². The molecule has 1 heterocycles. The lowest BCUT2D eigenvalue weighted by Gasteiger charge is -2.41. The summed E-state index contributed by atoms with van der Waals surface area (Å²) in [4.78, 5) is 5.80. The topological polar surface area (TPSA) is 67.9 Å². The molecule has 0 spiro atoms. The highest BCUT2D eigenvalue weighted by Crippen LogP contribution is 2.36. The molecule has 0 saturated carbocycles. The van der Waals surface area contributed by atoms with Crippen LogP contribution in [0.15, 0.2) is 54.6 Å². The maximum absolute atomic E-state index is 12.5. The fraction of sp³-hybridized carbons (Fsp3) is 0.455. The molecular formula is C22H30N2O4S. The Morgan fingerprint density at radius 1 is 1.00 bits per heavy atom. The van der Waals surface area contributed by atoms with Gasteiger partial charge >= 0.3 is 0 Å². The molecule has 0 amide bonds. The number of hydrogen-bond donors (Lipinski definition) is 1. The molecule has 1 aliphatic heterocycles. The first-order valence-electron chi connectivity index (χ1n) is 10.1. The van der Waals surface area contributed by atoms with Crippen molar-refractivity contribution in [2.24, 2.45) is 0 Å². The Morgan fingerprint density at radius 2 is 1.62 bits per heavy atom. The maximum atomic E-state index is 12.5. The average Bonchev–Trinajstić information content (AvgIpc) is 2.75. The van der Waals surface area contributed by atoms with E-state index >= 15 is 0 Å². The fourth-order valence-electron chi connectivity index (χ4n) is 3.89. The molecule has 158 valence electrons. The predicted molar refractivity (Wildman–Crippen MR) is 115 cm³/mol. The van der Waals surface area contributed by atoms with E-state index in [0.717, 1.165) is 12.8 Å². The van der Waals surface area contributed by atoms with E-state index in [1.54, 1.807) is 11.4 Å². The predicted octanol–water partition coefficient (Wildman–Crippen LogP) is 3.35. The van der Waals surface area contributed by atoms with Crippen LogP contribution in [0.3, 0.4) is 0 Å². The number of hydrogen-bond acceptors (Lipinski definition) is 5. The van der Waals surface area contributed by atoms with Gasteiger partial charge in [-0.25, -0.2) is 12.7 Å². The SMILES string of the molecule is CCCS(=O)(=O)N1CCC(CNOc2ccccc2OC)(c2ccccc2)CC1. The number of benzene rings is 2. The summed E-state index contributed by atoms with van der Waals surface area (Å²) in [5, 5.41) is 0. The highest BCUT2D eigenvalue weighted by molar-refractivity contribution is 7.89. The number of sulfonamides is 1. The van der Waals surface area contributed by atoms with Gasteiger partial charge in [-0.2, -0.15) is 5.48 Å².